The van der Waals surface area contributed by atoms with E-state index in [0.29, 0.717) is 5.82 Å². The minimum Gasteiger partial charge on any atom is -0.352 e. The Kier molecular flexibility index (Phi) is 3.05. The fourth-order valence-electron chi connectivity index (χ4n) is 0.845. The predicted molar refractivity (Wildman–Crippen MR) is 49.4 cm³/mol. The van der Waals surface area contributed by atoms with Crippen molar-refractivity contribution in [3.05, 3.63) is 12.3 Å². The van der Waals surface area contributed by atoms with Crippen molar-refractivity contribution < 1.29 is 9.59 Å². The molecule has 76 valence electrons. The maximum atomic E-state index is 11.3. The number of nitrogens with one attached hydrogen (secondary N) is 3. The molecule has 1 rings (SSSR count). The lowest BCUT2D eigenvalue weighted by Gasteiger charge is -2.10. The van der Waals surface area contributed by atoms with Crippen LogP contribution >= 0.6 is 0 Å². The average Bonchev–Trinajstić information content (AvgIpc) is 2.55. The molecule has 0 aliphatic heterocycles. The van der Waals surface area contributed by atoms with Gasteiger partial charge in [-0.25, -0.2) is 4.79 Å². The Labute approximate surface area is 80.1 Å². The Morgan fingerprint density at radius 3 is 2.86 bits per heavy atom. The molecule has 1 aromatic heterocycles. The molecular formula is C7H11N5O2. The number of aromatic amines is 1. The third-order valence-electron chi connectivity index (χ3n) is 1.51. The second-order valence-electron chi connectivity index (χ2n) is 2.69. The molecule has 14 heavy (non-hydrogen) atoms. The highest BCUT2D eigenvalue weighted by atomic mass is 16.2. The third-order valence-corrected chi connectivity index (χ3v) is 1.51. The van der Waals surface area contributed by atoms with E-state index in [2.05, 4.69) is 20.8 Å². The number of hydrogen-bond donors (Lipinski definition) is 4. The molecule has 0 saturated carbocycles. The predicted octanol–water partition coefficient (Wildman–Crippen LogP) is -0.595. The second-order valence-corrected chi connectivity index (χ2v) is 2.69. The molecule has 1 unspecified atom stereocenters. The van der Waals surface area contributed by atoms with Gasteiger partial charge in [0.15, 0.2) is 0 Å². The molecule has 1 atom stereocenters. The summed E-state index contributed by atoms with van der Waals surface area (Å²) in [6.45, 7) is 1.52. The number of anilines is 1. The fourth-order valence-corrected chi connectivity index (χ4v) is 0.845. The van der Waals surface area contributed by atoms with Crippen LogP contribution in [0.1, 0.15) is 6.92 Å². The van der Waals surface area contributed by atoms with Crippen LogP contribution in [0, 0.1) is 0 Å². The number of rotatable bonds is 3. The topological polar surface area (TPSA) is 113 Å². The van der Waals surface area contributed by atoms with Crippen molar-refractivity contribution in [2.24, 2.45) is 5.73 Å². The van der Waals surface area contributed by atoms with Gasteiger partial charge in [-0.3, -0.25) is 9.89 Å². The summed E-state index contributed by atoms with van der Waals surface area (Å²) in [4.78, 5) is 21.7. The van der Waals surface area contributed by atoms with E-state index in [0.717, 1.165) is 0 Å². The van der Waals surface area contributed by atoms with Crippen molar-refractivity contribution >= 4 is 17.8 Å². The van der Waals surface area contributed by atoms with E-state index in [-0.39, 0.29) is 5.91 Å². The highest BCUT2D eigenvalue weighted by Crippen LogP contribution is 1.99. The van der Waals surface area contributed by atoms with Crippen molar-refractivity contribution in [3.8, 4) is 0 Å². The van der Waals surface area contributed by atoms with Crippen molar-refractivity contribution in [3.63, 3.8) is 0 Å². The zero-order valence-corrected chi connectivity index (χ0v) is 7.57. The number of amides is 3. The van der Waals surface area contributed by atoms with Crippen molar-refractivity contribution in [2.75, 3.05) is 5.32 Å². The van der Waals surface area contributed by atoms with E-state index in [1.165, 1.54) is 13.1 Å². The average molecular weight is 197 g/mol. The molecule has 7 nitrogen and oxygen atoms in total. The van der Waals surface area contributed by atoms with Crippen LogP contribution in [0.3, 0.4) is 0 Å². The Hall–Kier alpha value is -2.05. The normalized spacial score (nSPS) is 11.8. The number of nitrogens with zero attached hydrogens (tertiary/aromatic N) is 1. The van der Waals surface area contributed by atoms with Gasteiger partial charge in [0.1, 0.15) is 11.9 Å². The summed E-state index contributed by atoms with van der Waals surface area (Å²) >= 11 is 0. The summed E-state index contributed by atoms with van der Waals surface area (Å²) in [5.74, 6) is 0.0983. The Morgan fingerprint density at radius 2 is 2.36 bits per heavy atom. The van der Waals surface area contributed by atoms with E-state index in [1.807, 2.05) is 0 Å². The molecule has 0 aliphatic rings. The highest BCUT2D eigenvalue weighted by Gasteiger charge is 2.13. The van der Waals surface area contributed by atoms with Gasteiger partial charge < -0.3 is 16.4 Å². The lowest BCUT2D eigenvalue weighted by atomic mass is 10.3. The van der Waals surface area contributed by atoms with Gasteiger partial charge >= 0.3 is 6.03 Å². The molecule has 0 saturated heterocycles. The molecule has 1 heterocycles. The van der Waals surface area contributed by atoms with Gasteiger partial charge in [0.05, 0.1) is 6.20 Å². The summed E-state index contributed by atoms with van der Waals surface area (Å²) < 4.78 is 0. The van der Waals surface area contributed by atoms with Gasteiger partial charge in [-0.1, -0.05) is 0 Å². The second kappa shape index (κ2) is 4.26. The number of urea groups is 1. The number of hydrogen-bond acceptors (Lipinski definition) is 3. The lowest BCUT2D eigenvalue weighted by Crippen LogP contribution is -2.44. The molecule has 0 fully saturated rings. The van der Waals surface area contributed by atoms with Crippen LogP contribution in [0.25, 0.3) is 0 Å². The molecule has 3 amide bonds. The van der Waals surface area contributed by atoms with E-state index < -0.39 is 12.1 Å². The number of carbonyl (C=O) groups is 2. The quantitative estimate of drug-likeness (QED) is 0.519. The summed E-state index contributed by atoms with van der Waals surface area (Å²) in [5.41, 5.74) is 4.85. The molecule has 0 bridgehead atoms. The number of H-pyrrole nitrogens is 1. The van der Waals surface area contributed by atoms with Crippen LogP contribution in [0.5, 0.6) is 0 Å². The first-order valence-electron chi connectivity index (χ1n) is 3.96. The Bertz CT molecular complexity index is 321. The maximum absolute atomic E-state index is 11.3. The number of aromatic nitrogens is 2. The van der Waals surface area contributed by atoms with Gasteiger partial charge in [0.25, 0.3) is 0 Å². The van der Waals surface area contributed by atoms with E-state index in [9.17, 15) is 9.59 Å². The highest BCUT2D eigenvalue weighted by molar-refractivity contribution is 5.95. The number of primary amides is 1. The largest absolute Gasteiger partial charge is 0.352 e. The molecular weight excluding hydrogens is 186 g/mol. The maximum Gasteiger partial charge on any atom is 0.312 e. The molecule has 1 aromatic rings. The zero-order valence-electron chi connectivity index (χ0n) is 7.57. The monoisotopic (exact) mass is 197 g/mol. The first kappa shape index (κ1) is 10.0. The van der Waals surface area contributed by atoms with Crippen LogP contribution in [-0.2, 0) is 4.79 Å². The summed E-state index contributed by atoms with van der Waals surface area (Å²) in [6.07, 6.45) is 1.50. The van der Waals surface area contributed by atoms with Gasteiger partial charge in [-0.2, -0.15) is 5.10 Å². The van der Waals surface area contributed by atoms with Crippen LogP contribution in [0.4, 0.5) is 10.6 Å². The van der Waals surface area contributed by atoms with Crippen LogP contribution in [-0.4, -0.2) is 28.2 Å². The van der Waals surface area contributed by atoms with Crippen molar-refractivity contribution in [2.45, 2.75) is 13.0 Å². The van der Waals surface area contributed by atoms with Crippen molar-refractivity contribution in [1.82, 2.24) is 15.5 Å². The molecule has 0 radical (unpaired) electrons. The lowest BCUT2D eigenvalue weighted by molar-refractivity contribution is -0.117. The molecule has 0 aliphatic carbocycles. The Balaban J connectivity index is 2.46. The third kappa shape index (κ3) is 2.77. The van der Waals surface area contributed by atoms with Crippen LogP contribution in [0.2, 0.25) is 0 Å². The van der Waals surface area contributed by atoms with Gasteiger partial charge in [0.2, 0.25) is 5.91 Å². The minimum atomic E-state index is -0.739. The van der Waals surface area contributed by atoms with Crippen molar-refractivity contribution in [1.29, 1.82) is 0 Å². The van der Waals surface area contributed by atoms with Gasteiger partial charge in [0, 0.05) is 6.07 Å². The molecule has 0 spiro atoms. The standard InChI is InChI=1S/C7H11N5O2/c1-4(10-7(8)14)6(13)11-5-2-3-9-12-5/h2-4H,1H3,(H3,8,10,14)(H2,9,11,12,13). The first-order valence-corrected chi connectivity index (χ1v) is 3.96. The van der Waals surface area contributed by atoms with Gasteiger partial charge in [-0.15, -0.1) is 0 Å². The van der Waals surface area contributed by atoms with E-state index >= 15 is 0 Å². The minimum absolute atomic E-state index is 0.368. The molecule has 7 heteroatoms. The van der Waals surface area contributed by atoms with Gasteiger partial charge in [-0.05, 0) is 6.92 Å². The van der Waals surface area contributed by atoms with E-state index in [1.54, 1.807) is 6.07 Å². The van der Waals surface area contributed by atoms with Crippen LogP contribution in [0.15, 0.2) is 12.3 Å². The van der Waals surface area contributed by atoms with E-state index in [4.69, 9.17) is 5.73 Å². The van der Waals surface area contributed by atoms with Crippen LogP contribution < -0.4 is 16.4 Å². The number of nitrogens with two attached hydrogens (primary N) is 1. The first-order chi connectivity index (χ1) is 6.59. The fraction of sp³-hybridized carbons (Fsp3) is 0.286. The smallest absolute Gasteiger partial charge is 0.312 e. The number of carbonyl (C=O) groups excluding carboxylic acids is 2. The zero-order chi connectivity index (χ0) is 10.6. The summed E-state index contributed by atoms with van der Waals surface area (Å²) in [6, 6.07) is 0.169. The summed E-state index contributed by atoms with van der Waals surface area (Å²) in [5, 5.41) is 10.9. The molecule has 0 aromatic carbocycles. The molecule has 5 N–H and O–H groups in total. The SMILES string of the molecule is CC(NC(N)=O)C(=O)Nc1ccn[nH]1. The Morgan fingerprint density at radius 1 is 1.64 bits per heavy atom. The summed E-state index contributed by atoms with van der Waals surface area (Å²) in [7, 11) is 0.